The molecule has 1 N–H and O–H groups in total. The first kappa shape index (κ1) is 14.4. The first-order valence-corrected chi connectivity index (χ1v) is 7.04. The molecule has 0 radical (unpaired) electrons. The lowest BCUT2D eigenvalue weighted by Gasteiger charge is -2.11. The molecule has 0 saturated heterocycles. The molecular weight excluding hydrogens is 278 g/mol. The molecule has 0 aliphatic carbocycles. The van der Waals surface area contributed by atoms with Crippen molar-refractivity contribution in [1.82, 2.24) is 4.98 Å². The molecule has 0 fully saturated rings. The van der Waals surface area contributed by atoms with E-state index in [2.05, 4.69) is 4.98 Å². The van der Waals surface area contributed by atoms with Gasteiger partial charge in [-0.3, -0.25) is 4.79 Å². The summed E-state index contributed by atoms with van der Waals surface area (Å²) in [4.78, 5) is 15.3. The van der Waals surface area contributed by atoms with Gasteiger partial charge in [0.05, 0.1) is 5.69 Å². The zero-order chi connectivity index (χ0) is 15.5. The standard InChI is InChI=1S/C18H17NO3/c1-12-7-8-13-10-16(19-18(20)15(13)9-12)14-5-3-4-6-17(14)22-11-21-2/h3-10H,11H2,1-2H3,(H,19,20). The molecular formula is C18H17NO3. The molecule has 112 valence electrons. The van der Waals surface area contributed by atoms with Crippen molar-refractivity contribution < 1.29 is 9.47 Å². The highest BCUT2D eigenvalue weighted by atomic mass is 16.7. The van der Waals surface area contributed by atoms with Crippen LogP contribution in [0.4, 0.5) is 0 Å². The van der Waals surface area contributed by atoms with Crippen molar-refractivity contribution in [3.63, 3.8) is 0 Å². The van der Waals surface area contributed by atoms with E-state index in [0.29, 0.717) is 11.1 Å². The number of nitrogens with one attached hydrogen (secondary N) is 1. The quantitative estimate of drug-likeness (QED) is 0.750. The Hall–Kier alpha value is -2.59. The van der Waals surface area contributed by atoms with Gasteiger partial charge in [0.15, 0.2) is 6.79 Å². The second kappa shape index (κ2) is 6.03. The van der Waals surface area contributed by atoms with Crippen molar-refractivity contribution in [2.24, 2.45) is 0 Å². The third-order valence-electron chi connectivity index (χ3n) is 3.51. The zero-order valence-electron chi connectivity index (χ0n) is 12.6. The Bertz CT molecular complexity index is 868. The number of rotatable bonds is 4. The number of para-hydroxylation sites is 1. The topological polar surface area (TPSA) is 51.3 Å². The van der Waals surface area contributed by atoms with Crippen LogP contribution in [0.3, 0.4) is 0 Å². The van der Waals surface area contributed by atoms with Gasteiger partial charge in [-0.15, -0.1) is 0 Å². The van der Waals surface area contributed by atoms with E-state index in [0.717, 1.165) is 22.2 Å². The van der Waals surface area contributed by atoms with E-state index in [1.165, 1.54) is 0 Å². The van der Waals surface area contributed by atoms with Crippen LogP contribution in [0.5, 0.6) is 5.75 Å². The van der Waals surface area contributed by atoms with Crippen LogP contribution in [0, 0.1) is 6.92 Å². The number of H-pyrrole nitrogens is 1. The van der Waals surface area contributed by atoms with Crippen molar-refractivity contribution in [2.75, 3.05) is 13.9 Å². The molecule has 22 heavy (non-hydrogen) atoms. The van der Waals surface area contributed by atoms with Crippen LogP contribution in [-0.2, 0) is 4.74 Å². The van der Waals surface area contributed by atoms with Crippen LogP contribution < -0.4 is 10.3 Å². The van der Waals surface area contributed by atoms with Gasteiger partial charge in [0.1, 0.15) is 5.75 Å². The molecule has 0 amide bonds. The summed E-state index contributed by atoms with van der Waals surface area (Å²) in [6.07, 6.45) is 0. The molecule has 0 bridgehead atoms. The van der Waals surface area contributed by atoms with E-state index in [1.807, 2.05) is 55.5 Å². The lowest BCUT2D eigenvalue weighted by molar-refractivity contribution is 0.0515. The fourth-order valence-corrected chi connectivity index (χ4v) is 2.46. The molecule has 1 heterocycles. The summed E-state index contributed by atoms with van der Waals surface area (Å²) in [5, 5.41) is 1.60. The van der Waals surface area contributed by atoms with E-state index in [1.54, 1.807) is 7.11 Å². The number of hydrogen-bond acceptors (Lipinski definition) is 3. The molecule has 0 saturated carbocycles. The number of benzene rings is 2. The molecule has 4 heteroatoms. The van der Waals surface area contributed by atoms with Gasteiger partial charge in [0, 0.05) is 18.1 Å². The monoisotopic (exact) mass is 295 g/mol. The second-order valence-corrected chi connectivity index (χ2v) is 5.15. The summed E-state index contributed by atoms with van der Waals surface area (Å²) < 4.78 is 10.5. The Kier molecular flexibility index (Phi) is 3.94. The highest BCUT2D eigenvalue weighted by Gasteiger charge is 2.09. The van der Waals surface area contributed by atoms with Crippen molar-refractivity contribution in [3.05, 3.63) is 64.4 Å². The van der Waals surface area contributed by atoms with Crippen LogP contribution in [0.25, 0.3) is 22.0 Å². The van der Waals surface area contributed by atoms with Crippen molar-refractivity contribution >= 4 is 10.8 Å². The summed E-state index contributed by atoms with van der Waals surface area (Å²) >= 11 is 0. The molecule has 1 aromatic heterocycles. The second-order valence-electron chi connectivity index (χ2n) is 5.15. The van der Waals surface area contributed by atoms with Gasteiger partial charge in [-0.05, 0) is 36.6 Å². The number of aromatic nitrogens is 1. The Balaban J connectivity index is 2.15. The maximum atomic E-state index is 12.3. The van der Waals surface area contributed by atoms with Gasteiger partial charge in [-0.2, -0.15) is 0 Å². The Labute approximate surface area is 128 Å². The maximum absolute atomic E-state index is 12.3. The highest BCUT2D eigenvalue weighted by molar-refractivity contribution is 5.86. The third-order valence-corrected chi connectivity index (χ3v) is 3.51. The molecule has 3 aromatic rings. The van der Waals surface area contributed by atoms with E-state index < -0.39 is 0 Å². The number of ether oxygens (including phenoxy) is 2. The first-order valence-electron chi connectivity index (χ1n) is 7.04. The fraction of sp³-hybridized carbons (Fsp3) is 0.167. The number of aryl methyl sites for hydroxylation is 1. The van der Waals surface area contributed by atoms with E-state index in [4.69, 9.17) is 9.47 Å². The summed E-state index contributed by atoms with van der Waals surface area (Å²) in [5.41, 5.74) is 2.53. The summed E-state index contributed by atoms with van der Waals surface area (Å²) in [5.74, 6) is 0.673. The average Bonchev–Trinajstić information content (AvgIpc) is 2.53. The minimum absolute atomic E-state index is 0.0993. The summed E-state index contributed by atoms with van der Waals surface area (Å²) in [6, 6.07) is 15.4. The fourth-order valence-electron chi connectivity index (χ4n) is 2.46. The van der Waals surface area contributed by atoms with Gasteiger partial charge < -0.3 is 14.5 Å². The molecule has 0 aliphatic heterocycles. The molecule has 0 spiro atoms. The third kappa shape index (κ3) is 2.73. The number of methoxy groups -OCH3 is 1. The van der Waals surface area contributed by atoms with Gasteiger partial charge in [-0.25, -0.2) is 0 Å². The summed E-state index contributed by atoms with van der Waals surface area (Å²) in [6.45, 7) is 2.13. The predicted octanol–water partition coefficient (Wildman–Crippen LogP) is 3.49. The van der Waals surface area contributed by atoms with Crippen molar-refractivity contribution in [3.8, 4) is 17.0 Å². The molecule has 3 rings (SSSR count). The highest BCUT2D eigenvalue weighted by Crippen LogP contribution is 2.29. The van der Waals surface area contributed by atoms with E-state index >= 15 is 0 Å². The smallest absolute Gasteiger partial charge is 0.256 e. The van der Waals surface area contributed by atoms with Crippen LogP contribution in [0.1, 0.15) is 5.56 Å². The molecule has 0 unspecified atom stereocenters. The summed E-state index contributed by atoms with van der Waals surface area (Å²) in [7, 11) is 1.57. The zero-order valence-corrected chi connectivity index (χ0v) is 12.6. The van der Waals surface area contributed by atoms with Gasteiger partial charge >= 0.3 is 0 Å². The van der Waals surface area contributed by atoms with E-state index in [9.17, 15) is 4.79 Å². The number of fused-ring (bicyclic) bond motifs is 1. The lowest BCUT2D eigenvalue weighted by atomic mass is 10.0. The first-order chi connectivity index (χ1) is 10.7. The van der Waals surface area contributed by atoms with Crippen molar-refractivity contribution in [1.29, 1.82) is 0 Å². The number of pyridine rings is 1. The largest absolute Gasteiger partial charge is 0.467 e. The average molecular weight is 295 g/mol. The molecule has 4 nitrogen and oxygen atoms in total. The predicted molar refractivity (Wildman–Crippen MR) is 87.2 cm³/mol. The van der Waals surface area contributed by atoms with Gasteiger partial charge in [0.2, 0.25) is 0 Å². The molecule has 0 atom stereocenters. The van der Waals surface area contributed by atoms with Crippen LogP contribution >= 0.6 is 0 Å². The van der Waals surface area contributed by atoms with Crippen molar-refractivity contribution in [2.45, 2.75) is 6.92 Å². The number of aromatic amines is 1. The molecule has 2 aromatic carbocycles. The normalized spacial score (nSPS) is 10.8. The Morgan fingerprint density at radius 3 is 2.73 bits per heavy atom. The molecule has 0 aliphatic rings. The maximum Gasteiger partial charge on any atom is 0.256 e. The minimum Gasteiger partial charge on any atom is -0.467 e. The van der Waals surface area contributed by atoms with Gasteiger partial charge in [0.25, 0.3) is 5.56 Å². The lowest BCUT2D eigenvalue weighted by Crippen LogP contribution is -2.08. The van der Waals surface area contributed by atoms with Crippen LogP contribution in [0.15, 0.2) is 53.3 Å². The minimum atomic E-state index is -0.0993. The Morgan fingerprint density at radius 1 is 1.09 bits per heavy atom. The Morgan fingerprint density at radius 2 is 1.91 bits per heavy atom. The van der Waals surface area contributed by atoms with E-state index in [-0.39, 0.29) is 12.4 Å². The number of hydrogen-bond donors (Lipinski definition) is 1. The SMILES string of the molecule is COCOc1ccccc1-c1cc2ccc(C)cc2c(=O)[nH]1. The van der Waals surface area contributed by atoms with Crippen LogP contribution in [-0.4, -0.2) is 18.9 Å². The van der Waals surface area contributed by atoms with Crippen LogP contribution in [0.2, 0.25) is 0 Å². The van der Waals surface area contributed by atoms with Gasteiger partial charge in [-0.1, -0.05) is 29.8 Å².